The van der Waals surface area contributed by atoms with Crippen LogP contribution in [0.4, 0.5) is 5.95 Å². The standard InChI is InChI=1S/C24H32N4O4/c1-3-12-32-23-19(6-4-8-21(23)30-2)17-27-9-5-7-18(16-27)20-15-22(29)26-24(25-20)28-10-13-31-14-11-28/h3-4,6,8,15,18H,1,5,7,9-14,16-17H2,2H3,(H,25,26,29). The highest BCUT2D eigenvalue weighted by molar-refractivity contribution is 5.46. The number of benzene rings is 1. The van der Waals surface area contributed by atoms with Crippen LogP contribution in [0.15, 0.2) is 41.7 Å². The van der Waals surface area contributed by atoms with Crippen molar-refractivity contribution in [2.45, 2.75) is 25.3 Å². The molecule has 1 atom stereocenters. The molecule has 0 radical (unpaired) electrons. The van der Waals surface area contributed by atoms with E-state index >= 15 is 0 Å². The molecular formula is C24H32N4O4. The van der Waals surface area contributed by atoms with Gasteiger partial charge in [-0.05, 0) is 25.5 Å². The van der Waals surface area contributed by atoms with Gasteiger partial charge in [0, 0.05) is 43.7 Å². The van der Waals surface area contributed by atoms with E-state index in [1.165, 1.54) is 0 Å². The third-order valence-corrected chi connectivity index (χ3v) is 6.00. The first-order valence-corrected chi connectivity index (χ1v) is 11.2. The molecule has 2 saturated heterocycles. The highest BCUT2D eigenvalue weighted by atomic mass is 16.5. The molecule has 0 aliphatic carbocycles. The number of aromatic nitrogens is 2. The lowest BCUT2D eigenvalue weighted by molar-refractivity contribution is 0.122. The van der Waals surface area contributed by atoms with Gasteiger partial charge in [-0.25, -0.2) is 4.98 Å². The summed E-state index contributed by atoms with van der Waals surface area (Å²) in [5.74, 6) is 2.36. The molecule has 0 bridgehead atoms. The van der Waals surface area contributed by atoms with E-state index in [-0.39, 0.29) is 11.5 Å². The number of nitrogens with one attached hydrogen (secondary N) is 1. The zero-order valence-electron chi connectivity index (χ0n) is 18.7. The fourth-order valence-electron chi connectivity index (χ4n) is 4.43. The maximum Gasteiger partial charge on any atom is 0.252 e. The molecule has 2 fully saturated rings. The van der Waals surface area contributed by atoms with Crippen molar-refractivity contribution in [1.29, 1.82) is 0 Å². The summed E-state index contributed by atoms with van der Waals surface area (Å²) in [5.41, 5.74) is 1.86. The maximum atomic E-state index is 12.4. The van der Waals surface area contributed by atoms with Crippen molar-refractivity contribution in [3.05, 3.63) is 58.5 Å². The van der Waals surface area contributed by atoms with Crippen LogP contribution in [0.1, 0.15) is 30.0 Å². The monoisotopic (exact) mass is 440 g/mol. The van der Waals surface area contributed by atoms with Gasteiger partial charge in [0.15, 0.2) is 11.5 Å². The van der Waals surface area contributed by atoms with Crippen LogP contribution in [0.3, 0.4) is 0 Å². The molecule has 8 heteroatoms. The number of H-pyrrole nitrogens is 1. The van der Waals surface area contributed by atoms with Crippen LogP contribution >= 0.6 is 0 Å². The molecule has 172 valence electrons. The Kier molecular flexibility index (Phi) is 7.44. The summed E-state index contributed by atoms with van der Waals surface area (Å²) in [6.07, 6.45) is 3.81. The van der Waals surface area contributed by atoms with Crippen molar-refractivity contribution in [1.82, 2.24) is 14.9 Å². The van der Waals surface area contributed by atoms with Gasteiger partial charge in [-0.2, -0.15) is 0 Å². The Morgan fingerprint density at radius 3 is 2.94 bits per heavy atom. The lowest BCUT2D eigenvalue weighted by Gasteiger charge is -2.33. The van der Waals surface area contributed by atoms with E-state index in [9.17, 15) is 4.79 Å². The van der Waals surface area contributed by atoms with Gasteiger partial charge in [-0.1, -0.05) is 24.8 Å². The summed E-state index contributed by atoms with van der Waals surface area (Å²) in [4.78, 5) is 24.6. The molecule has 0 amide bonds. The number of piperidine rings is 1. The van der Waals surface area contributed by atoms with Crippen molar-refractivity contribution in [3.8, 4) is 11.5 Å². The van der Waals surface area contributed by atoms with Crippen LogP contribution < -0.4 is 19.9 Å². The minimum absolute atomic E-state index is 0.0958. The number of nitrogens with zero attached hydrogens (tertiary/aromatic N) is 3. The lowest BCUT2D eigenvalue weighted by atomic mass is 9.94. The van der Waals surface area contributed by atoms with E-state index < -0.39 is 0 Å². The molecule has 1 aromatic heterocycles. The molecule has 2 aliphatic heterocycles. The zero-order chi connectivity index (χ0) is 22.3. The number of para-hydroxylation sites is 1. The summed E-state index contributed by atoms with van der Waals surface area (Å²) in [7, 11) is 1.65. The van der Waals surface area contributed by atoms with Gasteiger partial charge < -0.3 is 19.1 Å². The first-order chi connectivity index (χ1) is 15.7. The summed E-state index contributed by atoms with van der Waals surface area (Å²) >= 11 is 0. The quantitative estimate of drug-likeness (QED) is 0.632. The molecule has 1 aromatic carbocycles. The number of likely N-dealkylation sites (tertiary alicyclic amines) is 1. The van der Waals surface area contributed by atoms with Crippen LogP contribution in [-0.4, -0.2) is 68.0 Å². The zero-order valence-corrected chi connectivity index (χ0v) is 18.7. The van der Waals surface area contributed by atoms with Gasteiger partial charge in [-0.3, -0.25) is 14.7 Å². The fraction of sp³-hybridized carbons (Fsp3) is 0.500. The third-order valence-electron chi connectivity index (χ3n) is 6.00. The Morgan fingerprint density at radius 2 is 2.16 bits per heavy atom. The molecule has 4 rings (SSSR count). The van der Waals surface area contributed by atoms with E-state index in [4.69, 9.17) is 19.2 Å². The van der Waals surface area contributed by atoms with Crippen LogP contribution in [0.25, 0.3) is 0 Å². The first-order valence-electron chi connectivity index (χ1n) is 11.2. The summed E-state index contributed by atoms with van der Waals surface area (Å²) < 4.78 is 16.9. The predicted octanol–water partition coefficient (Wildman–Crippen LogP) is 2.56. The average Bonchev–Trinajstić information content (AvgIpc) is 2.83. The lowest BCUT2D eigenvalue weighted by Crippen LogP contribution is -2.39. The van der Waals surface area contributed by atoms with E-state index in [0.29, 0.717) is 25.8 Å². The number of aromatic amines is 1. The molecule has 2 aliphatic rings. The largest absolute Gasteiger partial charge is 0.493 e. The fourth-order valence-corrected chi connectivity index (χ4v) is 4.43. The third kappa shape index (κ3) is 5.31. The van der Waals surface area contributed by atoms with Crippen molar-refractivity contribution in [2.24, 2.45) is 0 Å². The second kappa shape index (κ2) is 10.7. The van der Waals surface area contributed by atoms with Crippen molar-refractivity contribution < 1.29 is 14.2 Å². The molecule has 2 aromatic rings. The number of hydrogen-bond acceptors (Lipinski definition) is 7. The number of hydrogen-bond donors (Lipinski definition) is 1. The van der Waals surface area contributed by atoms with E-state index in [2.05, 4.69) is 27.4 Å². The Hall–Kier alpha value is -2.84. The minimum atomic E-state index is -0.0958. The van der Waals surface area contributed by atoms with Crippen molar-refractivity contribution >= 4 is 5.95 Å². The normalized spacial score (nSPS) is 19.5. The van der Waals surface area contributed by atoms with E-state index in [1.807, 2.05) is 12.1 Å². The Balaban J connectivity index is 1.50. The van der Waals surface area contributed by atoms with Crippen LogP contribution in [0.5, 0.6) is 11.5 Å². The second-order valence-electron chi connectivity index (χ2n) is 8.22. The summed E-state index contributed by atoms with van der Waals surface area (Å²) in [6, 6.07) is 7.63. The van der Waals surface area contributed by atoms with Crippen molar-refractivity contribution in [3.63, 3.8) is 0 Å². The maximum absolute atomic E-state index is 12.4. The number of methoxy groups -OCH3 is 1. The smallest absolute Gasteiger partial charge is 0.252 e. The van der Waals surface area contributed by atoms with Crippen molar-refractivity contribution in [2.75, 3.05) is 58.0 Å². The van der Waals surface area contributed by atoms with Gasteiger partial charge in [0.25, 0.3) is 5.56 Å². The molecule has 8 nitrogen and oxygen atoms in total. The molecule has 1 N–H and O–H groups in total. The van der Waals surface area contributed by atoms with Crippen LogP contribution in [0, 0.1) is 0 Å². The molecular weight excluding hydrogens is 408 g/mol. The van der Waals surface area contributed by atoms with E-state index in [1.54, 1.807) is 19.3 Å². The molecule has 3 heterocycles. The van der Waals surface area contributed by atoms with Gasteiger partial charge in [0.05, 0.1) is 26.0 Å². The predicted molar refractivity (Wildman–Crippen MR) is 124 cm³/mol. The summed E-state index contributed by atoms with van der Waals surface area (Å²) in [5, 5.41) is 0. The molecule has 0 saturated carbocycles. The molecule has 32 heavy (non-hydrogen) atoms. The van der Waals surface area contributed by atoms with Crippen LogP contribution in [0.2, 0.25) is 0 Å². The van der Waals surface area contributed by atoms with Gasteiger partial charge in [0.2, 0.25) is 5.95 Å². The Morgan fingerprint density at radius 1 is 1.31 bits per heavy atom. The van der Waals surface area contributed by atoms with Gasteiger partial charge in [-0.15, -0.1) is 0 Å². The molecule has 0 spiro atoms. The second-order valence-corrected chi connectivity index (χ2v) is 8.22. The Labute approximate surface area is 188 Å². The van der Waals surface area contributed by atoms with Gasteiger partial charge in [0.1, 0.15) is 6.61 Å². The number of ether oxygens (including phenoxy) is 3. The topological polar surface area (TPSA) is 79.9 Å². The highest BCUT2D eigenvalue weighted by Gasteiger charge is 2.25. The van der Waals surface area contributed by atoms with Gasteiger partial charge >= 0.3 is 0 Å². The first kappa shape index (κ1) is 22.4. The summed E-state index contributed by atoms with van der Waals surface area (Å²) in [6.45, 7) is 9.56. The molecule has 1 unspecified atom stereocenters. The average molecular weight is 441 g/mol. The number of anilines is 1. The minimum Gasteiger partial charge on any atom is -0.493 e. The van der Waals surface area contributed by atoms with E-state index in [0.717, 1.165) is 68.3 Å². The highest BCUT2D eigenvalue weighted by Crippen LogP contribution is 2.34. The van der Waals surface area contributed by atoms with Crippen LogP contribution in [-0.2, 0) is 11.3 Å². The number of rotatable bonds is 8. The Bertz CT molecular complexity index is 971. The number of morpholine rings is 1. The SMILES string of the molecule is C=CCOc1c(CN2CCCC(c3cc(=O)[nH]c(N4CCOCC4)n3)C2)cccc1OC.